The van der Waals surface area contributed by atoms with Crippen molar-refractivity contribution in [2.45, 2.75) is 52.4 Å². The quantitative estimate of drug-likeness (QED) is 0.572. The Balaban J connectivity index is 1.87. The molecule has 0 heterocycles. The lowest BCUT2D eigenvalue weighted by atomic mass is 9.89. The van der Waals surface area contributed by atoms with Gasteiger partial charge >= 0.3 is 0 Å². The van der Waals surface area contributed by atoms with Crippen LogP contribution in [0.3, 0.4) is 0 Å². The molecule has 0 radical (unpaired) electrons. The molecular weight excluding hydrogens is 380 g/mol. The van der Waals surface area contributed by atoms with Crippen LogP contribution in [0.4, 0.5) is 0 Å². The molecule has 0 bridgehead atoms. The Hall–Kier alpha value is -1.95. The smallest absolute Gasteiger partial charge is 0.251 e. The highest BCUT2D eigenvalue weighted by atomic mass is 35.5. The Morgan fingerprint density at radius 3 is 2.46 bits per heavy atom. The summed E-state index contributed by atoms with van der Waals surface area (Å²) in [6.07, 6.45) is 6.23. The van der Waals surface area contributed by atoms with Crippen molar-refractivity contribution in [1.82, 2.24) is 10.6 Å². The Morgan fingerprint density at radius 1 is 1.07 bits per heavy atom. The van der Waals surface area contributed by atoms with E-state index in [2.05, 4.69) is 10.6 Å². The third kappa shape index (κ3) is 6.59. The van der Waals surface area contributed by atoms with Crippen LogP contribution in [0.15, 0.2) is 12.1 Å². The molecule has 28 heavy (non-hydrogen) atoms. The number of amides is 2. The van der Waals surface area contributed by atoms with Crippen LogP contribution in [0, 0.1) is 5.92 Å². The highest BCUT2D eigenvalue weighted by molar-refractivity contribution is 6.32. The lowest BCUT2D eigenvalue weighted by Crippen LogP contribution is -2.38. The molecule has 1 saturated carbocycles. The maximum absolute atomic E-state index is 12.4. The molecule has 0 atom stereocenters. The van der Waals surface area contributed by atoms with Crippen LogP contribution in [0.2, 0.25) is 5.02 Å². The standard InChI is InChI=1S/C21H31ClN2O4/c1-3-12-28-19-17(22)13-16(14-18(19)27-4-2)21(26)24-11-10-23-20(25)15-8-6-5-7-9-15/h13-15H,3-12H2,1-2H3,(H,23,25)(H,24,26). The summed E-state index contributed by atoms with van der Waals surface area (Å²) in [5, 5.41) is 6.06. The molecule has 0 spiro atoms. The van der Waals surface area contributed by atoms with Crippen molar-refractivity contribution < 1.29 is 19.1 Å². The largest absolute Gasteiger partial charge is 0.490 e. The predicted octanol–water partition coefficient (Wildman–Crippen LogP) is 3.95. The van der Waals surface area contributed by atoms with Gasteiger partial charge in [0.15, 0.2) is 11.5 Å². The summed E-state index contributed by atoms with van der Waals surface area (Å²) in [7, 11) is 0. The van der Waals surface area contributed by atoms with Gasteiger partial charge in [0.25, 0.3) is 5.91 Å². The fourth-order valence-corrected chi connectivity index (χ4v) is 3.54. The zero-order valence-electron chi connectivity index (χ0n) is 16.8. The highest BCUT2D eigenvalue weighted by Gasteiger charge is 2.20. The van der Waals surface area contributed by atoms with Crippen molar-refractivity contribution >= 4 is 23.4 Å². The van der Waals surface area contributed by atoms with Gasteiger partial charge in [-0.15, -0.1) is 0 Å². The van der Waals surface area contributed by atoms with Gasteiger partial charge in [0.1, 0.15) is 0 Å². The van der Waals surface area contributed by atoms with E-state index in [4.69, 9.17) is 21.1 Å². The highest BCUT2D eigenvalue weighted by Crippen LogP contribution is 2.36. The topological polar surface area (TPSA) is 76.7 Å². The summed E-state index contributed by atoms with van der Waals surface area (Å²) in [6, 6.07) is 3.21. The van der Waals surface area contributed by atoms with Crippen LogP contribution in [-0.4, -0.2) is 38.1 Å². The summed E-state index contributed by atoms with van der Waals surface area (Å²) in [5.74, 6) is 0.860. The van der Waals surface area contributed by atoms with Crippen molar-refractivity contribution in [2.24, 2.45) is 5.92 Å². The molecule has 1 aromatic carbocycles. The summed E-state index contributed by atoms with van der Waals surface area (Å²) < 4.78 is 11.2. The number of halogens is 1. The molecule has 0 aliphatic heterocycles. The van der Waals surface area contributed by atoms with Crippen molar-refractivity contribution in [1.29, 1.82) is 0 Å². The predicted molar refractivity (Wildman–Crippen MR) is 110 cm³/mol. The van der Waals surface area contributed by atoms with Gasteiger partial charge in [-0.2, -0.15) is 0 Å². The summed E-state index contributed by atoms with van der Waals surface area (Å²) in [4.78, 5) is 24.6. The number of nitrogens with one attached hydrogen (secondary N) is 2. The lowest BCUT2D eigenvalue weighted by molar-refractivity contribution is -0.125. The molecule has 2 N–H and O–H groups in total. The van der Waals surface area contributed by atoms with Crippen LogP contribution in [0.25, 0.3) is 0 Å². The lowest BCUT2D eigenvalue weighted by Gasteiger charge is -2.20. The number of ether oxygens (including phenoxy) is 2. The van der Waals surface area contributed by atoms with Crippen molar-refractivity contribution in [3.8, 4) is 11.5 Å². The second kappa shape index (κ2) is 11.8. The summed E-state index contributed by atoms with van der Waals surface area (Å²) >= 11 is 6.30. The Morgan fingerprint density at radius 2 is 1.79 bits per heavy atom. The molecule has 6 nitrogen and oxygen atoms in total. The molecule has 1 aliphatic rings. The van der Waals surface area contributed by atoms with Crippen molar-refractivity contribution in [3.63, 3.8) is 0 Å². The normalized spacial score (nSPS) is 14.4. The number of carbonyl (C=O) groups excluding carboxylic acids is 2. The first-order valence-corrected chi connectivity index (χ1v) is 10.6. The monoisotopic (exact) mass is 410 g/mol. The molecule has 0 unspecified atom stereocenters. The van der Waals surface area contributed by atoms with Gasteiger partial charge in [-0.25, -0.2) is 0 Å². The van der Waals surface area contributed by atoms with Crippen LogP contribution in [0.5, 0.6) is 11.5 Å². The average Bonchev–Trinajstić information content (AvgIpc) is 2.71. The first-order chi connectivity index (χ1) is 13.6. The van der Waals surface area contributed by atoms with Gasteiger partial charge in [-0.3, -0.25) is 9.59 Å². The maximum Gasteiger partial charge on any atom is 0.251 e. The van der Waals surface area contributed by atoms with Crippen LogP contribution in [-0.2, 0) is 4.79 Å². The maximum atomic E-state index is 12.4. The Kier molecular flexibility index (Phi) is 9.41. The van der Waals surface area contributed by atoms with Gasteiger partial charge in [-0.05, 0) is 38.3 Å². The number of carbonyl (C=O) groups is 2. The van der Waals surface area contributed by atoms with E-state index in [-0.39, 0.29) is 17.7 Å². The number of hydrogen-bond donors (Lipinski definition) is 2. The summed E-state index contributed by atoms with van der Waals surface area (Å²) in [5.41, 5.74) is 0.399. The van der Waals surface area contributed by atoms with E-state index in [1.165, 1.54) is 6.42 Å². The molecule has 1 aromatic rings. The fourth-order valence-electron chi connectivity index (χ4n) is 3.28. The molecule has 1 fully saturated rings. The number of benzene rings is 1. The van der Waals surface area contributed by atoms with E-state index >= 15 is 0 Å². The van der Waals surface area contributed by atoms with E-state index in [9.17, 15) is 9.59 Å². The molecule has 0 saturated heterocycles. The Labute approximate surface area is 172 Å². The number of rotatable bonds is 10. The third-order valence-electron chi connectivity index (χ3n) is 4.71. The zero-order chi connectivity index (χ0) is 20.4. The van der Waals surface area contributed by atoms with E-state index in [1.54, 1.807) is 12.1 Å². The molecule has 7 heteroatoms. The Bertz CT molecular complexity index is 660. The zero-order valence-corrected chi connectivity index (χ0v) is 17.6. The van der Waals surface area contributed by atoms with Crippen molar-refractivity contribution in [2.75, 3.05) is 26.3 Å². The molecule has 2 rings (SSSR count). The van der Waals surface area contributed by atoms with Gasteiger partial charge < -0.3 is 20.1 Å². The van der Waals surface area contributed by atoms with E-state index in [0.717, 1.165) is 32.1 Å². The van der Waals surface area contributed by atoms with E-state index in [0.29, 0.717) is 48.4 Å². The van der Waals surface area contributed by atoms with Crippen LogP contribution >= 0.6 is 11.6 Å². The first kappa shape index (κ1) is 22.3. The average molecular weight is 411 g/mol. The van der Waals surface area contributed by atoms with Gasteiger partial charge in [0.2, 0.25) is 5.91 Å². The number of hydrogen-bond acceptors (Lipinski definition) is 4. The fraction of sp³-hybridized carbons (Fsp3) is 0.619. The summed E-state index contributed by atoms with van der Waals surface area (Å²) in [6.45, 7) is 5.59. The molecule has 0 aromatic heterocycles. The van der Waals surface area contributed by atoms with E-state index < -0.39 is 0 Å². The molecule has 156 valence electrons. The minimum Gasteiger partial charge on any atom is -0.490 e. The minimum absolute atomic E-state index is 0.0908. The molecule has 1 aliphatic carbocycles. The van der Waals surface area contributed by atoms with Crippen LogP contribution in [0.1, 0.15) is 62.7 Å². The first-order valence-electron chi connectivity index (χ1n) is 10.2. The van der Waals surface area contributed by atoms with E-state index in [1.807, 2.05) is 13.8 Å². The van der Waals surface area contributed by atoms with Gasteiger partial charge in [0.05, 0.1) is 18.2 Å². The SMILES string of the molecule is CCCOc1c(Cl)cc(C(=O)NCCNC(=O)C2CCCCC2)cc1OCC. The van der Waals surface area contributed by atoms with Crippen LogP contribution < -0.4 is 20.1 Å². The van der Waals surface area contributed by atoms with Gasteiger partial charge in [0, 0.05) is 24.6 Å². The van der Waals surface area contributed by atoms with Crippen molar-refractivity contribution in [3.05, 3.63) is 22.7 Å². The molecular formula is C21H31ClN2O4. The second-order valence-electron chi connectivity index (χ2n) is 6.95. The van der Waals surface area contributed by atoms with Gasteiger partial charge in [-0.1, -0.05) is 37.8 Å². The second-order valence-corrected chi connectivity index (χ2v) is 7.36. The third-order valence-corrected chi connectivity index (χ3v) is 4.99. The molecule has 2 amide bonds. The minimum atomic E-state index is -0.267.